The highest BCUT2D eigenvalue weighted by molar-refractivity contribution is 6.30. The first-order valence-corrected chi connectivity index (χ1v) is 5.49. The van der Waals surface area contributed by atoms with Crippen molar-refractivity contribution in [1.29, 1.82) is 0 Å². The summed E-state index contributed by atoms with van der Waals surface area (Å²) in [6.45, 7) is 0. The molecule has 1 heterocycles. The molecule has 19 heavy (non-hydrogen) atoms. The lowest BCUT2D eigenvalue weighted by Crippen LogP contribution is -2.37. The predicted octanol–water partition coefficient (Wildman–Crippen LogP) is 0.423. The van der Waals surface area contributed by atoms with Crippen LogP contribution < -0.4 is 10.3 Å². The van der Waals surface area contributed by atoms with E-state index in [0.717, 1.165) is 0 Å². The Morgan fingerprint density at radius 3 is 2.74 bits per heavy atom. The number of H-pyrrole nitrogens is 1. The van der Waals surface area contributed by atoms with E-state index in [4.69, 9.17) is 11.6 Å². The summed E-state index contributed by atoms with van der Waals surface area (Å²) < 4.78 is 10.3. The zero-order valence-electron chi connectivity index (χ0n) is 9.77. The molecule has 6 nitrogen and oxygen atoms in total. The van der Waals surface area contributed by atoms with Gasteiger partial charge in [0, 0.05) is 29.0 Å². The van der Waals surface area contributed by atoms with Gasteiger partial charge in [-0.25, -0.2) is 9.59 Å². The Morgan fingerprint density at radius 1 is 1.42 bits per heavy atom. The third kappa shape index (κ3) is 2.84. The average Bonchev–Trinajstić information content (AvgIpc) is 2.78. The van der Waals surface area contributed by atoms with E-state index in [-0.39, 0.29) is 5.69 Å². The lowest BCUT2D eigenvalue weighted by Gasteiger charge is -1.90. The van der Waals surface area contributed by atoms with Gasteiger partial charge in [0.25, 0.3) is 0 Å². The fourth-order valence-corrected chi connectivity index (χ4v) is 1.44. The number of nitrogens with zero attached hydrogens (tertiary/aromatic N) is 1. The molecule has 0 saturated heterocycles. The minimum absolute atomic E-state index is 0.0206. The van der Waals surface area contributed by atoms with Crippen molar-refractivity contribution in [1.82, 2.24) is 5.27 Å². The van der Waals surface area contributed by atoms with Crippen molar-refractivity contribution in [2.24, 2.45) is 0 Å². The lowest BCUT2D eigenvalue weighted by molar-refractivity contribution is -0.672. The summed E-state index contributed by atoms with van der Waals surface area (Å²) in [5, 5.41) is 2.94. The van der Waals surface area contributed by atoms with E-state index in [0.29, 0.717) is 10.7 Å². The maximum Gasteiger partial charge on any atom is 0.444 e. The maximum absolute atomic E-state index is 11.5. The molecule has 2 rings (SSSR count). The van der Waals surface area contributed by atoms with Crippen LogP contribution in [0.5, 0.6) is 0 Å². The largest absolute Gasteiger partial charge is 0.459 e. The topological polar surface area (TPSA) is 76.2 Å². The molecule has 0 spiro atoms. The van der Waals surface area contributed by atoms with E-state index in [2.05, 4.69) is 26.4 Å². The normalized spacial score (nSPS) is 9.58. The van der Waals surface area contributed by atoms with Crippen LogP contribution in [0.3, 0.4) is 0 Å². The number of rotatable bonds is 1. The zero-order chi connectivity index (χ0) is 13.8. The quantitative estimate of drug-likeness (QED) is 0.466. The number of methoxy groups -OCH3 is 1. The molecule has 2 aromatic rings. The number of hydrogen-bond acceptors (Lipinski definition) is 4. The monoisotopic (exact) mass is 279 g/mol. The molecular weight excluding hydrogens is 272 g/mol. The molecule has 0 saturated carbocycles. The van der Waals surface area contributed by atoms with Crippen molar-refractivity contribution >= 4 is 17.6 Å². The molecule has 0 fully saturated rings. The highest BCUT2D eigenvalue weighted by Crippen LogP contribution is 2.08. The van der Waals surface area contributed by atoms with Gasteiger partial charge in [0.2, 0.25) is 5.69 Å². The minimum Gasteiger partial charge on any atom is -0.459 e. The second-order valence-corrected chi connectivity index (χ2v) is 3.82. The highest BCUT2D eigenvalue weighted by atomic mass is 35.5. The van der Waals surface area contributed by atoms with Crippen LogP contribution in [0, 0.1) is 11.8 Å². The van der Waals surface area contributed by atoms with Crippen LogP contribution in [0.4, 0.5) is 0 Å². The number of ether oxygens (including phenoxy) is 1. The number of nitrogens with one attached hydrogen (secondary N) is 1. The molecule has 0 bridgehead atoms. The van der Waals surface area contributed by atoms with Crippen molar-refractivity contribution in [2.75, 3.05) is 7.11 Å². The van der Waals surface area contributed by atoms with Crippen LogP contribution in [-0.4, -0.2) is 18.4 Å². The summed E-state index contributed by atoms with van der Waals surface area (Å²) in [6.07, 6.45) is 0. The molecule has 0 aliphatic heterocycles. The molecule has 0 amide bonds. The molecule has 0 radical (unpaired) electrons. The molecule has 0 aliphatic carbocycles. The van der Waals surface area contributed by atoms with E-state index < -0.39 is 11.6 Å². The molecule has 7 heteroatoms. The molecule has 0 unspecified atom stereocenters. The summed E-state index contributed by atoms with van der Waals surface area (Å²) in [6, 6.07) is 6.62. The number of carbonyl (C=O) groups is 1. The minimum atomic E-state index is -0.747. The molecule has 0 aliphatic rings. The van der Waals surface area contributed by atoms with Crippen LogP contribution in [0.15, 0.2) is 33.6 Å². The number of benzene rings is 1. The molecule has 0 atom stereocenters. The van der Waals surface area contributed by atoms with Crippen molar-refractivity contribution < 1.29 is 18.7 Å². The van der Waals surface area contributed by atoms with Gasteiger partial charge in [-0.05, 0) is 22.1 Å². The van der Waals surface area contributed by atoms with E-state index >= 15 is 0 Å². The summed E-state index contributed by atoms with van der Waals surface area (Å²) in [5.41, 5.74) is -0.122. The fraction of sp³-hybridized carbons (Fsp3) is 0.0833. The Morgan fingerprint density at radius 2 is 2.11 bits per heavy atom. The van der Waals surface area contributed by atoms with Crippen molar-refractivity contribution in [3.05, 3.63) is 45.4 Å². The Bertz CT molecular complexity index is 719. The fourth-order valence-electron chi connectivity index (χ4n) is 1.31. The van der Waals surface area contributed by atoms with Crippen LogP contribution >= 0.6 is 11.6 Å². The van der Waals surface area contributed by atoms with Gasteiger partial charge in [-0.15, -0.1) is 0 Å². The van der Waals surface area contributed by atoms with Gasteiger partial charge in [-0.2, -0.15) is 0 Å². The maximum atomic E-state index is 11.5. The van der Waals surface area contributed by atoms with Gasteiger partial charge >= 0.3 is 17.3 Å². The van der Waals surface area contributed by atoms with Crippen molar-refractivity contribution in [2.45, 2.75) is 0 Å². The van der Waals surface area contributed by atoms with Gasteiger partial charge in [-0.3, -0.25) is 4.52 Å². The van der Waals surface area contributed by atoms with Crippen molar-refractivity contribution in [3.63, 3.8) is 0 Å². The zero-order valence-corrected chi connectivity index (χ0v) is 10.5. The van der Waals surface area contributed by atoms with E-state index in [9.17, 15) is 9.59 Å². The molecule has 1 N–H and O–H groups in total. The summed E-state index contributed by atoms with van der Waals surface area (Å²) in [5.74, 6) is 3.81. The average molecular weight is 280 g/mol. The first-order valence-electron chi connectivity index (χ1n) is 5.11. The number of hydrogen-bond donors (Lipinski definition) is 1. The Hall–Kier alpha value is -2.52. The second-order valence-electron chi connectivity index (χ2n) is 3.38. The standard InChI is InChI=1S/C12H7ClN2O4/c1-18-11(16)7-6-10-12(17)19-14-15(10)9-4-2-8(13)3-5-9/h2-5H,1H3/p+1. The SMILES string of the molecule is COC(=O)C#Cc1c(=O)o[nH][n+]1-c1ccc(Cl)cc1. The Labute approximate surface area is 112 Å². The third-order valence-electron chi connectivity index (χ3n) is 2.20. The van der Waals surface area contributed by atoms with E-state index in [1.54, 1.807) is 24.3 Å². The highest BCUT2D eigenvalue weighted by Gasteiger charge is 2.21. The van der Waals surface area contributed by atoms with Crippen LogP contribution in [0.25, 0.3) is 5.69 Å². The van der Waals surface area contributed by atoms with E-state index in [1.807, 2.05) is 0 Å². The third-order valence-corrected chi connectivity index (χ3v) is 2.45. The summed E-state index contributed by atoms with van der Waals surface area (Å²) in [4.78, 5) is 22.4. The first-order chi connectivity index (χ1) is 9.11. The number of esters is 1. The van der Waals surface area contributed by atoms with Gasteiger partial charge in [0.15, 0.2) is 0 Å². The number of halogens is 1. The Kier molecular flexibility index (Phi) is 3.68. The summed E-state index contributed by atoms with van der Waals surface area (Å²) >= 11 is 5.77. The van der Waals surface area contributed by atoms with Crippen LogP contribution in [0.2, 0.25) is 5.02 Å². The van der Waals surface area contributed by atoms with Gasteiger partial charge in [-0.1, -0.05) is 11.6 Å². The smallest absolute Gasteiger partial charge is 0.444 e. The lowest BCUT2D eigenvalue weighted by atomic mass is 10.3. The summed E-state index contributed by atoms with van der Waals surface area (Å²) in [7, 11) is 1.20. The van der Waals surface area contributed by atoms with E-state index in [1.165, 1.54) is 11.8 Å². The first kappa shape index (κ1) is 12.9. The van der Waals surface area contributed by atoms with Gasteiger partial charge < -0.3 is 4.74 Å². The number of carbonyl (C=O) groups excluding carboxylic acids is 1. The second kappa shape index (κ2) is 5.42. The predicted molar refractivity (Wildman–Crippen MR) is 64.8 cm³/mol. The molecule has 1 aromatic carbocycles. The molecule has 96 valence electrons. The Balaban J connectivity index is 2.48. The molecular formula is C12H8ClN2O4+. The van der Waals surface area contributed by atoms with Crippen LogP contribution in [-0.2, 0) is 9.53 Å². The molecule has 1 aromatic heterocycles. The van der Waals surface area contributed by atoms with Crippen LogP contribution in [0.1, 0.15) is 5.69 Å². The number of aromatic amines is 1. The number of aromatic nitrogens is 2. The van der Waals surface area contributed by atoms with Gasteiger partial charge in [0.05, 0.1) is 7.11 Å². The van der Waals surface area contributed by atoms with Crippen molar-refractivity contribution in [3.8, 4) is 17.5 Å². The van der Waals surface area contributed by atoms with Gasteiger partial charge in [0.1, 0.15) is 0 Å².